The Bertz CT molecular complexity index is 421. The van der Waals surface area contributed by atoms with Crippen LogP contribution >= 0.6 is 35.5 Å². The van der Waals surface area contributed by atoms with Crippen LogP contribution in [0.4, 0.5) is 0 Å². The van der Waals surface area contributed by atoms with E-state index in [1.165, 1.54) is 0 Å². The number of rotatable bonds is 5. The maximum Gasteiger partial charge on any atom is 0.221 e. The molecule has 1 aromatic rings. The number of nitrogens with one attached hydrogen (secondary N) is 2. The first-order chi connectivity index (χ1) is 9.15. The van der Waals surface area contributed by atoms with E-state index < -0.39 is 0 Å². The first-order valence-electron chi connectivity index (χ1n) is 6.55. The van der Waals surface area contributed by atoms with Crippen LogP contribution in [0.5, 0.6) is 0 Å². The van der Waals surface area contributed by atoms with Gasteiger partial charge >= 0.3 is 0 Å². The molecule has 5 nitrogen and oxygen atoms in total. The minimum absolute atomic E-state index is 0. The summed E-state index contributed by atoms with van der Waals surface area (Å²) in [6.45, 7) is 5.67. The highest BCUT2D eigenvalue weighted by Gasteiger charge is 2.17. The Hall–Kier alpha value is -0.370. The van der Waals surface area contributed by atoms with Gasteiger partial charge in [0, 0.05) is 36.4 Å². The zero-order valence-corrected chi connectivity index (χ0v) is 14.2. The van der Waals surface area contributed by atoms with E-state index in [0.717, 1.165) is 28.1 Å². The van der Waals surface area contributed by atoms with Crippen molar-refractivity contribution in [1.29, 1.82) is 0 Å². The zero-order chi connectivity index (χ0) is 13.7. The fourth-order valence-electron chi connectivity index (χ4n) is 1.79. The highest BCUT2D eigenvalue weighted by Crippen LogP contribution is 2.18. The molecule has 1 aliphatic heterocycles. The molecule has 2 N–H and O–H groups in total. The van der Waals surface area contributed by atoms with E-state index in [1.54, 1.807) is 11.3 Å². The molecule has 8 heteroatoms. The summed E-state index contributed by atoms with van der Waals surface area (Å²) in [5.74, 6) is 2.64. The Labute approximate surface area is 134 Å². The largest absolute Gasteiger partial charge is 0.349 e. The van der Waals surface area contributed by atoms with Crippen molar-refractivity contribution in [2.45, 2.75) is 38.8 Å². The maximum atomic E-state index is 11.8. The Morgan fingerprint density at radius 2 is 2.30 bits per heavy atom. The average molecular weight is 337 g/mol. The number of hydrogen-bond acceptors (Lipinski definition) is 6. The van der Waals surface area contributed by atoms with Gasteiger partial charge < -0.3 is 10.6 Å². The van der Waals surface area contributed by atoms with E-state index >= 15 is 0 Å². The van der Waals surface area contributed by atoms with Crippen LogP contribution in [0.3, 0.4) is 0 Å². The van der Waals surface area contributed by atoms with Crippen molar-refractivity contribution in [3.63, 3.8) is 0 Å². The number of carbonyl (C=O) groups excluding carboxylic acids is 1. The van der Waals surface area contributed by atoms with Gasteiger partial charge in [-0.05, 0) is 0 Å². The fourth-order valence-corrected chi connectivity index (χ4v) is 3.53. The predicted molar refractivity (Wildman–Crippen MR) is 86.8 cm³/mol. The summed E-state index contributed by atoms with van der Waals surface area (Å²) in [6, 6.07) is 0.305. The van der Waals surface area contributed by atoms with E-state index in [4.69, 9.17) is 0 Å². The van der Waals surface area contributed by atoms with Gasteiger partial charge in [-0.15, -0.1) is 22.6 Å². The van der Waals surface area contributed by atoms with Crippen molar-refractivity contribution < 1.29 is 4.79 Å². The molecular weight excluding hydrogens is 316 g/mol. The molecule has 1 fully saturated rings. The molecular formula is C12H21ClN4OS2. The molecule has 1 aromatic heterocycles. The summed E-state index contributed by atoms with van der Waals surface area (Å²) in [7, 11) is 0. The van der Waals surface area contributed by atoms with Gasteiger partial charge in [-0.1, -0.05) is 25.2 Å². The number of amides is 1. The third-order valence-electron chi connectivity index (χ3n) is 2.84. The van der Waals surface area contributed by atoms with Crippen molar-refractivity contribution >= 4 is 41.4 Å². The fraction of sp³-hybridized carbons (Fsp3) is 0.750. The first-order valence-corrected chi connectivity index (χ1v) is 8.52. The van der Waals surface area contributed by atoms with Gasteiger partial charge in [0.25, 0.3) is 0 Å². The Balaban J connectivity index is 0.00000200. The van der Waals surface area contributed by atoms with E-state index in [9.17, 15) is 4.79 Å². The molecule has 0 radical (unpaired) electrons. The minimum atomic E-state index is 0. The third-order valence-corrected chi connectivity index (χ3v) is 5.20. The van der Waals surface area contributed by atoms with Crippen LogP contribution in [-0.2, 0) is 11.3 Å². The van der Waals surface area contributed by atoms with Crippen molar-refractivity contribution in [3.8, 4) is 0 Å². The van der Waals surface area contributed by atoms with E-state index in [-0.39, 0.29) is 18.3 Å². The van der Waals surface area contributed by atoms with Gasteiger partial charge in [-0.2, -0.15) is 11.8 Å². The SMILES string of the molecule is CC(C)c1nnc(CNC(=O)CC2CSCCN2)s1.Cl. The quantitative estimate of drug-likeness (QED) is 0.858. The lowest BCUT2D eigenvalue weighted by Gasteiger charge is -2.22. The molecule has 2 rings (SSSR count). The van der Waals surface area contributed by atoms with Crippen LogP contribution in [0.15, 0.2) is 0 Å². The van der Waals surface area contributed by atoms with Gasteiger partial charge in [-0.3, -0.25) is 4.79 Å². The second-order valence-corrected chi connectivity index (χ2v) is 7.14. The molecule has 0 aliphatic carbocycles. The van der Waals surface area contributed by atoms with E-state index in [0.29, 0.717) is 24.9 Å². The molecule has 1 atom stereocenters. The van der Waals surface area contributed by atoms with Crippen molar-refractivity contribution in [1.82, 2.24) is 20.8 Å². The lowest BCUT2D eigenvalue weighted by Crippen LogP contribution is -2.41. The van der Waals surface area contributed by atoms with Gasteiger partial charge in [0.15, 0.2) is 0 Å². The summed E-state index contributed by atoms with van der Waals surface area (Å²) < 4.78 is 0. The second-order valence-electron chi connectivity index (χ2n) is 4.90. The first kappa shape index (κ1) is 17.7. The summed E-state index contributed by atoms with van der Waals surface area (Å²) in [5, 5.41) is 16.4. The maximum absolute atomic E-state index is 11.8. The average Bonchev–Trinajstić information content (AvgIpc) is 2.86. The van der Waals surface area contributed by atoms with Crippen LogP contribution in [-0.4, -0.2) is 40.2 Å². The molecule has 114 valence electrons. The second kappa shape index (κ2) is 8.81. The zero-order valence-electron chi connectivity index (χ0n) is 11.7. The molecule has 0 aromatic carbocycles. The molecule has 2 heterocycles. The van der Waals surface area contributed by atoms with Gasteiger partial charge in [0.2, 0.25) is 5.91 Å². The van der Waals surface area contributed by atoms with Crippen LogP contribution < -0.4 is 10.6 Å². The predicted octanol–water partition coefficient (Wildman–Crippen LogP) is 1.79. The molecule has 0 spiro atoms. The van der Waals surface area contributed by atoms with Crippen LogP contribution in [0.1, 0.15) is 36.2 Å². The molecule has 0 saturated carbocycles. The standard InChI is InChI=1S/C12H20N4OS2.ClH/c1-8(2)12-16-15-11(19-12)6-14-10(17)5-9-7-18-4-3-13-9;/h8-9,13H,3-7H2,1-2H3,(H,14,17);1H. The smallest absolute Gasteiger partial charge is 0.221 e. The highest BCUT2D eigenvalue weighted by atomic mass is 35.5. The minimum Gasteiger partial charge on any atom is -0.349 e. The van der Waals surface area contributed by atoms with Crippen LogP contribution in [0.25, 0.3) is 0 Å². The number of carbonyl (C=O) groups is 1. The highest BCUT2D eigenvalue weighted by molar-refractivity contribution is 7.99. The number of halogens is 1. The topological polar surface area (TPSA) is 66.9 Å². The molecule has 1 amide bonds. The van der Waals surface area contributed by atoms with Gasteiger partial charge in [0.1, 0.15) is 10.0 Å². The number of nitrogens with zero attached hydrogens (tertiary/aromatic N) is 2. The molecule has 1 saturated heterocycles. The van der Waals surface area contributed by atoms with Crippen molar-refractivity contribution in [2.75, 3.05) is 18.1 Å². The number of aromatic nitrogens is 2. The lowest BCUT2D eigenvalue weighted by molar-refractivity contribution is -0.121. The van der Waals surface area contributed by atoms with Crippen molar-refractivity contribution in [2.24, 2.45) is 0 Å². The van der Waals surface area contributed by atoms with Crippen LogP contribution in [0, 0.1) is 0 Å². The van der Waals surface area contributed by atoms with E-state index in [1.807, 2.05) is 11.8 Å². The summed E-state index contributed by atoms with van der Waals surface area (Å²) in [6.07, 6.45) is 0.544. The molecule has 0 bridgehead atoms. The van der Waals surface area contributed by atoms with Gasteiger partial charge in [0.05, 0.1) is 6.54 Å². The third kappa shape index (κ3) is 5.55. The summed E-state index contributed by atoms with van der Waals surface area (Å²) in [4.78, 5) is 11.8. The number of thioether (sulfide) groups is 1. The van der Waals surface area contributed by atoms with Gasteiger partial charge in [-0.25, -0.2) is 0 Å². The molecule has 1 aliphatic rings. The van der Waals surface area contributed by atoms with Crippen molar-refractivity contribution in [3.05, 3.63) is 10.0 Å². The monoisotopic (exact) mass is 336 g/mol. The normalized spacial score (nSPS) is 18.6. The molecule has 20 heavy (non-hydrogen) atoms. The van der Waals surface area contributed by atoms with E-state index in [2.05, 4.69) is 34.7 Å². The summed E-state index contributed by atoms with van der Waals surface area (Å²) >= 11 is 3.48. The Morgan fingerprint density at radius 1 is 1.50 bits per heavy atom. The number of hydrogen-bond donors (Lipinski definition) is 2. The Kier molecular flexibility index (Phi) is 7.79. The van der Waals surface area contributed by atoms with Crippen LogP contribution in [0.2, 0.25) is 0 Å². The molecule has 1 unspecified atom stereocenters. The lowest BCUT2D eigenvalue weighted by atomic mass is 10.2. The Morgan fingerprint density at radius 3 is 2.90 bits per heavy atom. The summed E-state index contributed by atoms with van der Waals surface area (Å²) in [5.41, 5.74) is 0.